The molecule has 0 saturated carbocycles. The highest BCUT2D eigenvalue weighted by atomic mass is 32.2. The summed E-state index contributed by atoms with van der Waals surface area (Å²) in [5.74, 6) is -0.656. The first kappa shape index (κ1) is 22.6. The van der Waals surface area contributed by atoms with Crippen molar-refractivity contribution in [1.29, 1.82) is 0 Å². The highest BCUT2D eigenvalue weighted by molar-refractivity contribution is 7.98. The summed E-state index contributed by atoms with van der Waals surface area (Å²) in [7, 11) is 0. The largest absolute Gasteiger partial charge is 0.482 e. The number of nitrogens with one attached hydrogen (secondary N) is 2. The van der Waals surface area contributed by atoms with Crippen LogP contribution in [-0.2, 0) is 10.5 Å². The van der Waals surface area contributed by atoms with E-state index in [0.717, 1.165) is 11.3 Å². The zero-order chi connectivity index (χ0) is 24.4. The lowest BCUT2D eigenvalue weighted by atomic mass is 10.0. The summed E-state index contributed by atoms with van der Waals surface area (Å²) < 4.78 is 20.9. The van der Waals surface area contributed by atoms with E-state index in [2.05, 4.69) is 15.4 Å². The van der Waals surface area contributed by atoms with E-state index < -0.39 is 18.7 Å². The van der Waals surface area contributed by atoms with Gasteiger partial charge in [0, 0.05) is 16.4 Å². The number of hydrogen-bond acceptors (Lipinski definition) is 6. The van der Waals surface area contributed by atoms with Gasteiger partial charge in [0.1, 0.15) is 11.6 Å². The number of thioether (sulfide) groups is 1. The first-order valence-electron chi connectivity index (χ1n) is 10.7. The second kappa shape index (κ2) is 9.59. The third-order valence-electron chi connectivity index (χ3n) is 5.46. The Balaban J connectivity index is 1.51. The van der Waals surface area contributed by atoms with E-state index in [1.807, 2.05) is 24.3 Å². The summed E-state index contributed by atoms with van der Waals surface area (Å²) in [6.07, 6.45) is -0.511. The van der Waals surface area contributed by atoms with Crippen molar-refractivity contribution in [3.05, 3.63) is 100 Å². The van der Waals surface area contributed by atoms with Crippen LogP contribution in [0.5, 0.6) is 5.75 Å². The Morgan fingerprint density at radius 1 is 1.09 bits per heavy atom. The third kappa shape index (κ3) is 4.73. The van der Waals surface area contributed by atoms with Crippen molar-refractivity contribution < 1.29 is 23.7 Å². The molecule has 1 aliphatic heterocycles. The van der Waals surface area contributed by atoms with Crippen LogP contribution in [0.1, 0.15) is 17.3 Å². The Hall–Kier alpha value is -4.18. The molecular formula is C25H20FN4O4S+. The second-order valence-corrected chi connectivity index (χ2v) is 8.74. The average Bonchev–Trinajstić information content (AvgIpc) is 2.86. The predicted molar refractivity (Wildman–Crippen MR) is 128 cm³/mol. The van der Waals surface area contributed by atoms with Gasteiger partial charge >= 0.3 is 17.2 Å². The lowest BCUT2D eigenvalue weighted by Gasteiger charge is -2.22. The third-order valence-corrected chi connectivity index (χ3v) is 6.38. The van der Waals surface area contributed by atoms with Crippen molar-refractivity contribution in [2.75, 3.05) is 11.9 Å². The summed E-state index contributed by atoms with van der Waals surface area (Å²) in [5.41, 5.74) is 2.88. The van der Waals surface area contributed by atoms with Crippen molar-refractivity contribution in [3.8, 4) is 17.0 Å². The van der Waals surface area contributed by atoms with E-state index in [9.17, 15) is 14.0 Å². The van der Waals surface area contributed by atoms with Gasteiger partial charge in [-0.05, 0) is 52.7 Å². The monoisotopic (exact) mass is 491 g/mol. The molecule has 0 radical (unpaired) electrons. The Morgan fingerprint density at radius 3 is 2.60 bits per heavy atom. The molecular weight excluding hydrogens is 471 g/mol. The number of nitrogens with zero attached hydrogens (tertiary/aromatic N) is 2. The Morgan fingerprint density at radius 2 is 1.83 bits per heavy atom. The van der Waals surface area contributed by atoms with Crippen molar-refractivity contribution in [2.24, 2.45) is 0 Å². The summed E-state index contributed by atoms with van der Waals surface area (Å²) in [6.45, 7) is -0.439. The van der Waals surface area contributed by atoms with Crippen molar-refractivity contribution >= 4 is 23.4 Å². The molecule has 4 aromatic rings. The molecule has 0 fully saturated rings. The zero-order valence-corrected chi connectivity index (χ0v) is 19.1. The van der Waals surface area contributed by atoms with Crippen LogP contribution >= 0.6 is 11.8 Å². The number of ether oxygens (including phenoxy) is 1. The Kier molecular flexibility index (Phi) is 6.19. The maximum absolute atomic E-state index is 14.1. The fraction of sp³-hybridized carbons (Fsp3) is 0.120. The summed E-state index contributed by atoms with van der Waals surface area (Å²) in [5, 5.41) is 17.3. The smallest absolute Gasteiger partial charge is 0.341 e. The summed E-state index contributed by atoms with van der Waals surface area (Å²) >= 11 is 1.23. The number of aromatic amines is 1. The molecule has 1 aromatic heterocycles. The van der Waals surface area contributed by atoms with Gasteiger partial charge < -0.3 is 15.2 Å². The molecule has 0 bridgehead atoms. The molecule has 3 N–H and O–H groups in total. The summed E-state index contributed by atoms with van der Waals surface area (Å²) in [6, 6.07) is 20.8. The number of carbonyl (C=O) groups is 1. The number of halogens is 1. The van der Waals surface area contributed by atoms with Crippen LogP contribution in [0.25, 0.3) is 11.3 Å². The molecule has 1 aliphatic rings. The highest BCUT2D eigenvalue weighted by Gasteiger charge is 2.37. The molecule has 1 atom stereocenters. The Labute approximate surface area is 203 Å². The van der Waals surface area contributed by atoms with Crippen molar-refractivity contribution in [1.82, 2.24) is 10.1 Å². The van der Waals surface area contributed by atoms with E-state index >= 15 is 0 Å². The molecule has 10 heteroatoms. The summed E-state index contributed by atoms with van der Waals surface area (Å²) in [4.78, 5) is 26.8. The van der Waals surface area contributed by atoms with E-state index in [0.29, 0.717) is 33.5 Å². The minimum absolute atomic E-state index is 0.305. The molecule has 0 unspecified atom stereocenters. The number of carboxylic acid groups (broad SMARTS) is 1. The fourth-order valence-electron chi connectivity index (χ4n) is 3.83. The van der Waals surface area contributed by atoms with Gasteiger partial charge in [0.2, 0.25) is 5.16 Å². The minimum Gasteiger partial charge on any atom is -0.482 e. The lowest BCUT2D eigenvalue weighted by molar-refractivity contribution is -0.759. The van der Waals surface area contributed by atoms with Crippen molar-refractivity contribution in [3.63, 3.8) is 0 Å². The number of hydrogen-bond donors (Lipinski definition) is 3. The number of aliphatic carboxylic acids is 1. The maximum Gasteiger partial charge on any atom is 0.341 e. The first-order valence-corrected chi connectivity index (χ1v) is 11.7. The SMILES string of the molecule is O=C(O)COc1ccc([C@@H]2Nc3ccccc3-c3c(=O)[nH]c(SCc4ccccc4F)n[n+]32)cc1. The van der Waals surface area contributed by atoms with Gasteiger partial charge in [0.25, 0.3) is 6.17 Å². The van der Waals surface area contributed by atoms with Crippen LogP contribution in [0.3, 0.4) is 0 Å². The van der Waals surface area contributed by atoms with Gasteiger partial charge in [-0.1, -0.05) is 42.1 Å². The van der Waals surface area contributed by atoms with Crippen LogP contribution in [0.15, 0.2) is 82.7 Å². The minimum atomic E-state index is -1.06. The van der Waals surface area contributed by atoms with E-state index in [-0.39, 0.29) is 11.4 Å². The van der Waals surface area contributed by atoms with E-state index in [1.165, 1.54) is 17.8 Å². The molecule has 35 heavy (non-hydrogen) atoms. The van der Waals surface area contributed by atoms with Crippen LogP contribution in [0.2, 0.25) is 0 Å². The zero-order valence-electron chi connectivity index (χ0n) is 18.3. The average molecular weight is 492 g/mol. The van der Waals surface area contributed by atoms with Gasteiger partial charge in [0.15, 0.2) is 6.61 Å². The van der Waals surface area contributed by atoms with Gasteiger partial charge in [-0.2, -0.15) is 0 Å². The quantitative estimate of drug-likeness (QED) is 0.268. The molecule has 2 heterocycles. The number of rotatable bonds is 7. The normalized spacial score (nSPS) is 13.9. The number of carboxylic acids is 1. The molecule has 0 saturated heterocycles. The number of aromatic nitrogens is 3. The molecule has 0 spiro atoms. The second-order valence-electron chi connectivity index (χ2n) is 7.78. The van der Waals surface area contributed by atoms with Crippen LogP contribution in [0.4, 0.5) is 10.1 Å². The first-order chi connectivity index (χ1) is 17.0. The van der Waals surface area contributed by atoms with Gasteiger partial charge in [-0.15, -0.1) is 0 Å². The van der Waals surface area contributed by atoms with E-state index in [4.69, 9.17) is 9.84 Å². The van der Waals surface area contributed by atoms with Gasteiger partial charge in [-0.3, -0.25) is 9.78 Å². The lowest BCUT2D eigenvalue weighted by Crippen LogP contribution is -2.55. The number of fused-ring (bicyclic) bond motifs is 3. The van der Waals surface area contributed by atoms with Crippen molar-refractivity contribution in [2.45, 2.75) is 17.1 Å². The molecule has 5 rings (SSSR count). The fourth-order valence-corrected chi connectivity index (χ4v) is 4.67. The number of benzene rings is 3. The van der Waals surface area contributed by atoms with Crippen LogP contribution in [-0.4, -0.2) is 27.8 Å². The standard InChI is InChI=1S/C25H19FN4O4S/c26-19-7-3-1-5-16(19)14-35-25-28-24(33)22-18-6-2-4-8-20(18)27-23(30(22)29-25)15-9-11-17(12-10-15)34-13-21(31)32/h1-12,23H,13-14H2,(H2,28,29,31,32,33)/p+1/t23-/m1/s1. The topological polar surface area (TPSA) is 108 Å². The van der Waals surface area contributed by atoms with E-state index in [1.54, 1.807) is 47.1 Å². The number of anilines is 1. The number of H-pyrrole nitrogens is 1. The van der Waals surface area contributed by atoms with Gasteiger partial charge in [0.05, 0.1) is 11.3 Å². The maximum atomic E-state index is 14.1. The molecule has 3 aromatic carbocycles. The van der Waals surface area contributed by atoms with Crippen LogP contribution in [0, 0.1) is 5.82 Å². The molecule has 176 valence electrons. The molecule has 8 nitrogen and oxygen atoms in total. The molecule has 0 amide bonds. The predicted octanol–water partition coefficient (Wildman–Crippen LogP) is 3.59. The van der Waals surface area contributed by atoms with Gasteiger partial charge in [-0.25, -0.2) is 9.18 Å². The Bertz CT molecular complexity index is 1460. The number of para-hydroxylation sites is 1. The highest BCUT2D eigenvalue weighted by Crippen LogP contribution is 2.32. The molecule has 0 aliphatic carbocycles. The van der Waals surface area contributed by atoms with Crippen LogP contribution < -0.4 is 20.3 Å².